The predicted octanol–water partition coefficient (Wildman–Crippen LogP) is 3.30. The van der Waals surface area contributed by atoms with Crippen LogP contribution in [-0.4, -0.2) is 25.8 Å². The van der Waals surface area contributed by atoms with E-state index >= 15 is 0 Å². The van der Waals surface area contributed by atoms with E-state index in [1.807, 2.05) is 13.0 Å². The smallest absolute Gasteiger partial charge is 0.207 e. The number of rotatable bonds is 3. The molecule has 1 aliphatic rings. The lowest BCUT2D eigenvalue weighted by molar-refractivity contribution is 0.464. The van der Waals surface area contributed by atoms with Crippen molar-refractivity contribution in [3.8, 4) is 0 Å². The van der Waals surface area contributed by atoms with E-state index in [-0.39, 0.29) is 6.04 Å². The highest BCUT2D eigenvalue weighted by Gasteiger charge is 2.36. The molecule has 1 aliphatic carbocycles. The van der Waals surface area contributed by atoms with Crippen LogP contribution in [-0.2, 0) is 10.0 Å². The summed E-state index contributed by atoms with van der Waals surface area (Å²) in [5, 5.41) is 0. The second-order valence-electron chi connectivity index (χ2n) is 4.28. The van der Waals surface area contributed by atoms with Gasteiger partial charge in [0.25, 0.3) is 0 Å². The number of hydrogen-bond donors (Lipinski definition) is 0. The van der Waals surface area contributed by atoms with Crippen LogP contribution in [0, 0.1) is 6.92 Å². The lowest BCUT2D eigenvalue weighted by Gasteiger charge is -2.18. The summed E-state index contributed by atoms with van der Waals surface area (Å²) >= 11 is 6.70. The third kappa shape index (κ3) is 2.59. The molecule has 1 saturated carbocycles. The standard InChI is InChI=1S/C11H13Br2NO2S/c1-7-5-10(13)11(6-9(7)12)17(15,16)14(2)8-3-4-8/h5-6,8H,3-4H2,1-2H3. The van der Waals surface area contributed by atoms with Gasteiger partial charge in [0.1, 0.15) is 0 Å². The summed E-state index contributed by atoms with van der Waals surface area (Å²) in [6.45, 7) is 1.93. The number of sulfonamides is 1. The molecule has 0 heterocycles. The molecule has 0 unspecified atom stereocenters. The normalized spacial score (nSPS) is 16.5. The fourth-order valence-electron chi connectivity index (χ4n) is 1.62. The lowest BCUT2D eigenvalue weighted by atomic mass is 10.2. The lowest BCUT2D eigenvalue weighted by Crippen LogP contribution is -2.29. The summed E-state index contributed by atoms with van der Waals surface area (Å²) in [6.07, 6.45) is 1.92. The van der Waals surface area contributed by atoms with Crippen molar-refractivity contribution >= 4 is 41.9 Å². The summed E-state index contributed by atoms with van der Waals surface area (Å²) in [4.78, 5) is 0.323. The van der Waals surface area contributed by atoms with Crippen LogP contribution in [0.2, 0.25) is 0 Å². The molecule has 0 aromatic heterocycles. The van der Waals surface area contributed by atoms with E-state index in [1.54, 1.807) is 13.1 Å². The van der Waals surface area contributed by atoms with E-state index in [2.05, 4.69) is 31.9 Å². The van der Waals surface area contributed by atoms with Crippen molar-refractivity contribution in [3.63, 3.8) is 0 Å². The Bertz CT molecular complexity index is 553. The Morgan fingerprint density at radius 1 is 1.24 bits per heavy atom. The van der Waals surface area contributed by atoms with Gasteiger partial charge in [-0.1, -0.05) is 15.9 Å². The van der Waals surface area contributed by atoms with E-state index in [0.29, 0.717) is 9.37 Å². The van der Waals surface area contributed by atoms with Crippen molar-refractivity contribution in [2.24, 2.45) is 0 Å². The Labute approximate surface area is 119 Å². The summed E-state index contributed by atoms with van der Waals surface area (Å²) in [6, 6.07) is 3.65. The van der Waals surface area contributed by atoms with Gasteiger partial charge < -0.3 is 0 Å². The molecular formula is C11H13Br2NO2S. The summed E-state index contributed by atoms with van der Waals surface area (Å²) in [7, 11) is -1.74. The molecule has 17 heavy (non-hydrogen) atoms. The van der Waals surface area contributed by atoms with Gasteiger partial charge in [0.05, 0.1) is 4.90 Å². The average Bonchev–Trinajstić information content (AvgIpc) is 3.05. The summed E-state index contributed by atoms with van der Waals surface area (Å²) in [5.41, 5.74) is 1.00. The van der Waals surface area contributed by atoms with Gasteiger partial charge in [0.2, 0.25) is 10.0 Å². The van der Waals surface area contributed by atoms with Gasteiger partial charge in [-0.2, -0.15) is 4.31 Å². The van der Waals surface area contributed by atoms with Crippen molar-refractivity contribution in [1.29, 1.82) is 0 Å². The zero-order chi connectivity index (χ0) is 12.8. The fraction of sp³-hybridized carbons (Fsp3) is 0.455. The number of aryl methyl sites for hydroxylation is 1. The Balaban J connectivity index is 2.49. The van der Waals surface area contributed by atoms with Crippen LogP contribution in [0.3, 0.4) is 0 Å². The molecule has 94 valence electrons. The van der Waals surface area contributed by atoms with Crippen molar-refractivity contribution in [3.05, 3.63) is 26.6 Å². The molecule has 0 N–H and O–H groups in total. The van der Waals surface area contributed by atoms with E-state index in [1.165, 1.54) is 4.31 Å². The maximum Gasteiger partial charge on any atom is 0.244 e. The van der Waals surface area contributed by atoms with Crippen molar-refractivity contribution in [2.45, 2.75) is 30.7 Å². The van der Waals surface area contributed by atoms with Crippen LogP contribution in [0.15, 0.2) is 26.0 Å². The molecule has 0 spiro atoms. The highest BCUT2D eigenvalue weighted by Crippen LogP contribution is 2.35. The molecule has 0 atom stereocenters. The molecule has 2 rings (SSSR count). The maximum atomic E-state index is 12.4. The first kappa shape index (κ1) is 13.5. The van der Waals surface area contributed by atoms with E-state index in [0.717, 1.165) is 22.9 Å². The van der Waals surface area contributed by atoms with Crippen molar-refractivity contribution in [2.75, 3.05) is 7.05 Å². The maximum absolute atomic E-state index is 12.4. The van der Waals surface area contributed by atoms with Crippen molar-refractivity contribution in [1.82, 2.24) is 4.31 Å². The Hall–Kier alpha value is 0.0900. The van der Waals surface area contributed by atoms with Gasteiger partial charge in [-0.3, -0.25) is 0 Å². The van der Waals surface area contributed by atoms with E-state index < -0.39 is 10.0 Å². The first-order chi connectivity index (χ1) is 7.84. The third-order valence-electron chi connectivity index (χ3n) is 2.93. The van der Waals surface area contributed by atoms with Gasteiger partial charge >= 0.3 is 0 Å². The predicted molar refractivity (Wildman–Crippen MR) is 74.5 cm³/mol. The zero-order valence-electron chi connectivity index (χ0n) is 9.57. The minimum Gasteiger partial charge on any atom is -0.207 e. The van der Waals surface area contributed by atoms with Crippen LogP contribution in [0.5, 0.6) is 0 Å². The Morgan fingerprint density at radius 2 is 1.82 bits per heavy atom. The molecule has 6 heteroatoms. The molecule has 0 bridgehead atoms. The molecule has 0 radical (unpaired) electrons. The van der Waals surface area contributed by atoms with Gasteiger partial charge in [-0.05, 0) is 53.4 Å². The van der Waals surface area contributed by atoms with Crippen LogP contribution in [0.4, 0.5) is 0 Å². The highest BCUT2D eigenvalue weighted by molar-refractivity contribution is 9.11. The van der Waals surface area contributed by atoms with E-state index in [9.17, 15) is 8.42 Å². The monoisotopic (exact) mass is 381 g/mol. The Morgan fingerprint density at radius 3 is 2.35 bits per heavy atom. The number of hydrogen-bond acceptors (Lipinski definition) is 2. The Kier molecular flexibility index (Phi) is 3.69. The minimum atomic E-state index is -3.39. The molecular weight excluding hydrogens is 370 g/mol. The van der Waals surface area contributed by atoms with Crippen LogP contribution in [0.25, 0.3) is 0 Å². The van der Waals surface area contributed by atoms with Gasteiger partial charge in [0.15, 0.2) is 0 Å². The van der Waals surface area contributed by atoms with Crippen LogP contribution < -0.4 is 0 Å². The first-order valence-corrected chi connectivity index (χ1v) is 8.30. The summed E-state index contributed by atoms with van der Waals surface area (Å²) in [5.74, 6) is 0. The topological polar surface area (TPSA) is 37.4 Å². The van der Waals surface area contributed by atoms with Crippen LogP contribution in [0.1, 0.15) is 18.4 Å². The molecule has 3 nitrogen and oxygen atoms in total. The zero-order valence-corrected chi connectivity index (χ0v) is 13.6. The quantitative estimate of drug-likeness (QED) is 0.804. The third-order valence-corrected chi connectivity index (χ3v) is 6.65. The molecule has 0 saturated heterocycles. The van der Waals surface area contributed by atoms with Gasteiger partial charge in [-0.15, -0.1) is 0 Å². The van der Waals surface area contributed by atoms with E-state index in [4.69, 9.17) is 0 Å². The van der Waals surface area contributed by atoms with Gasteiger partial charge in [0, 0.05) is 22.0 Å². The second kappa shape index (κ2) is 4.64. The molecule has 0 amide bonds. The highest BCUT2D eigenvalue weighted by atomic mass is 79.9. The molecule has 1 aromatic carbocycles. The minimum absolute atomic E-state index is 0.173. The van der Waals surface area contributed by atoms with Gasteiger partial charge in [-0.25, -0.2) is 8.42 Å². The molecule has 0 aliphatic heterocycles. The first-order valence-electron chi connectivity index (χ1n) is 5.27. The fourth-order valence-corrected chi connectivity index (χ4v) is 4.67. The molecule has 1 fully saturated rings. The van der Waals surface area contributed by atoms with Crippen molar-refractivity contribution < 1.29 is 8.42 Å². The number of halogens is 2. The average molecular weight is 383 g/mol. The summed E-state index contributed by atoms with van der Waals surface area (Å²) < 4.78 is 27.6. The largest absolute Gasteiger partial charge is 0.244 e. The molecule has 1 aromatic rings. The number of nitrogens with zero attached hydrogens (tertiary/aromatic N) is 1. The number of benzene rings is 1. The second-order valence-corrected chi connectivity index (χ2v) is 7.96. The van der Waals surface area contributed by atoms with Crippen LogP contribution >= 0.6 is 31.9 Å². The SMILES string of the molecule is Cc1cc(Br)c(S(=O)(=O)N(C)C2CC2)cc1Br.